The van der Waals surface area contributed by atoms with Gasteiger partial charge in [0.05, 0.1) is 11.4 Å². The maximum atomic E-state index is 10.7. The maximum absolute atomic E-state index is 10.7. The molecule has 2 heterocycles. The molecule has 6 heteroatoms. The first-order valence-corrected chi connectivity index (χ1v) is 4.92. The molecule has 0 amide bonds. The molecule has 2 radical (unpaired) electrons. The number of pyridine rings is 1. The third kappa shape index (κ3) is 1.99. The van der Waals surface area contributed by atoms with E-state index in [2.05, 4.69) is 26.0 Å². The second-order valence-corrected chi connectivity index (χ2v) is 3.70. The molecule has 2 rings (SSSR count). The monoisotopic (exact) mass is 261 g/mol. The lowest BCUT2D eigenvalue weighted by Crippen LogP contribution is -1.98. The first kappa shape index (κ1) is 10.1. The van der Waals surface area contributed by atoms with Gasteiger partial charge in [-0.2, -0.15) is 5.10 Å². The number of hydrogen-bond donors (Lipinski definition) is 0. The van der Waals surface area contributed by atoms with E-state index in [9.17, 15) is 4.79 Å². The van der Waals surface area contributed by atoms with Gasteiger partial charge in [-0.25, -0.2) is 4.98 Å². The summed E-state index contributed by atoms with van der Waals surface area (Å²) >= 11 is 3.22. The van der Waals surface area contributed by atoms with Gasteiger partial charge < -0.3 is 4.59 Å². The smallest absolute Gasteiger partial charge is 0.265 e. The standard InChI is InChI=1S/C9H5BBrN3O/c10-14-8(1-2-12-14)7-3-6(5-15)4-9(11)13-7/h1-5H. The van der Waals surface area contributed by atoms with E-state index in [-0.39, 0.29) is 0 Å². The van der Waals surface area contributed by atoms with Gasteiger partial charge in [-0.15, -0.1) is 0 Å². The first-order valence-electron chi connectivity index (χ1n) is 4.13. The normalized spacial score (nSPS) is 10.2. The Labute approximate surface area is 95.9 Å². The van der Waals surface area contributed by atoms with Gasteiger partial charge in [-0.05, 0) is 34.1 Å². The average Bonchev–Trinajstić information content (AvgIpc) is 2.63. The third-order valence-corrected chi connectivity index (χ3v) is 2.29. The Kier molecular flexibility index (Phi) is 2.68. The molecule has 0 N–H and O–H groups in total. The molecule has 2 aromatic rings. The minimum absolute atomic E-state index is 0.535. The molecule has 72 valence electrons. The molecule has 0 aliphatic carbocycles. The van der Waals surface area contributed by atoms with Gasteiger partial charge in [-0.3, -0.25) is 4.79 Å². The van der Waals surface area contributed by atoms with Crippen LogP contribution in [-0.4, -0.2) is 28.9 Å². The van der Waals surface area contributed by atoms with Gasteiger partial charge >= 0.3 is 0 Å². The number of nitrogens with zero attached hydrogens (tertiary/aromatic N) is 3. The predicted octanol–water partition coefficient (Wildman–Crippen LogP) is 1.45. The fourth-order valence-electron chi connectivity index (χ4n) is 1.23. The Morgan fingerprint density at radius 3 is 2.87 bits per heavy atom. The summed E-state index contributed by atoms with van der Waals surface area (Å²) in [6, 6.07) is 5.01. The molecule has 0 bridgehead atoms. The van der Waals surface area contributed by atoms with Crippen LogP contribution in [0.3, 0.4) is 0 Å². The van der Waals surface area contributed by atoms with Crippen molar-refractivity contribution in [2.45, 2.75) is 0 Å². The lowest BCUT2D eigenvalue weighted by atomic mass is 10.2. The van der Waals surface area contributed by atoms with Crippen LogP contribution in [0.1, 0.15) is 10.4 Å². The summed E-state index contributed by atoms with van der Waals surface area (Å²) in [5.41, 5.74) is 1.79. The van der Waals surface area contributed by atoms with E-state index in [1.807, 2.05) is 0 Å². The Balaban J connectivity index is 2.58. The SMILES string of the molecule is [B]n1nccc1-c1cc(C=O)cc(Br)n1. The van der Waals surface area contributed by atoms with E-state index in [0.717, 1.165) is 6.29 Å². The zero-order valence-electron chi connectivity index (χ0n) is 7.59. The van der Waals surface area contributed by atoms with Gasteiger partial charge in [-0.1, -0.05) is 0 Å². The Bertz CT molecular complexity index is 512. The van der Waals surface area contributed by atoms with Crippen molar-refractivity contribution >= 4 is 30.2 Å². The molecule has 0 saturated heterocycles. The van der Waals surface area contributed by atoms with Crippen molar-refractivity contribution in [2.75, 3.05) is 0 Å². The van der Waals surface area contributed by atoms with Crippen molar-refractivity contribution in [1.29, 1.82) is 0 Å². The van der Waals surface area contributed by atoms with Crippen molar-refractivity contribution in [3.05, 3.63) is 34.6 Å². The number of carbonyl (C=O) groups excluding carboxylic acids is 1. The van der Waals surface area contributed by atoms with Crippen LogP contribution in [0.25, 0.3) is 11.4 Å². The van der Waals surface area contributed by atoms with Crippen molar-refractivity contribution in [2.24, 2.45) is 0 Å². The van der Waals surface area contributed by atoms with Crippen molar-refractivity contribution < 1.29 is 4.79 Å². The zero-order chi connectivity index (χ0) is 10.8. The number of aldehydes is 1. The molecule has 0 aromatic carbocycles. The van der Waals surface area contributed by atoms with Crippen LogP contribution in [0.2, 0.25) is 0 Å². The minimum atomic E-state index is 0.535. The summed E-state index contributed by atoms with van der Waals surface area (Å²) in [7, 11) is 5.58. The second-order valence-electron chi connectivity index (χ2n) is 2.89. The number of hydrogen-bond acceptors (Lipinski definition) is 3. The minimum Gasteiger partial charge on any atom is -0.322 e. The van der Waals surface area contributed by atoms with Crippen molar-refractivity contribution in [3.8, 4) is 11.4 Å². The van der Waals surface area contributed by atoms with Crippen LogP contribution in [0.4, 0.5) is 0 Å². The summed E-state index contributed by atoms with van der Waals surface area (Å²) in [6.07, 6.45) is 2.33. The Morgan fingerprint density at radius 2 is 2.27 bits per heavy atom. The molecule has 0 aliphatic rings. The van der Waals surface area contributed by atoms with Gasteiger partial charge in [0.2, 0.25) is 0 Å². The molecule has 0 spiro atoms. The van der Waals surface area contributed by atoms with E-state index < -0.39 is 0 Å². The molecule has 0 aliphatic heterocycles. The molecular formula is C9H5BBrN3O. The Morgan fingerprint density at radius 1 is 1.47 bits per heavy atom. The number of aromatic nitrogens is 3. The highest BCUT2D eigenvalue weighted by molar-refractivity contribution is 9.10. The average molecular weight is 262 g/mol. The van der Waals surface area contributed by atoms with Gasteiger partial charge in [0.1, 0.15) is 10.9 Å². The maximum Gasteiger partial charge on any atom is 0.265 e. The highest BCUT2D eigenvalue weighted by Crippen LogP contribution is 2.19. The van der Waals surface area contributed by atoms with Crippen molar-refractivity contribution in [3.63, 3.8) is 0 Å². The largest absolute Gasteiger partial charge is 0.322 e. The molecule has 4 nitrogen and oxygen atoms in total. The fourth-order valence-corrected chi connectivity index (χ4v) is 1.69. The van der Waals surface area contributed by atoms with E-state index >= 15 is 0 Å². The number of carbonyl (C=O) groups is 1. The number of halogens is 1. The molecule has 15 heavy (non-hydrogen) atoms. The van der Waals surface area contributed by atoms with Crippen LogP contribution in [0.5, 0.6) is 0 Å². The molecule has 0 unspecified atom stereocenters. The van der Waals surface area contributed by atoms with E-state index in [4.69, 9.17) is 7.98 Å². The Hall–Kier alpha value is -1.43. The van der Waals surface area contributed by atoms with Crippen LogP contribution < -0.4 is 0 Å². The van der Waals surface area contributed by atoms with Crippen LogP contribution >= 0.6 is 15.9 Å². The summed E-state index contributed by atoms with van der Waals surface area (Å²) in [5.74, 6) is 0. The lowest BCUT2D eigenvalue weighted by molar-refractivity contribution is 0.112. The molecule has 0 saturated carbocycles. The van der Waals surface area contributed by atoms with Gasteiger partial charge in [0.15, 0.2) is 0 Å². The van der Waals surface area contributed by atoms with Crippen LogP contribution in [0.15, 0.2) is 29.0 Å². The van der Waals surface area contributed by atoms with Gasteiger partial charge in [0.25, 0.3) is 7.98 Å². The predicted molar refractivity (Wildman–Crippen MR) is 59.7 cm³/mol. The second kappa shape index (κ2) is 3.98. The zero-order valence-corrected chi connectivity index (χ0v) is 9.18. The summed E-state index contributed by atoms with van der Waals surface area (Å²) in [5, 5.41) is 3.83. The number of rotatable bonds is 2. The van der Waals surface area contributed by atoms with Crippen LogP contribution in [0, 0.1) is 0 Å². The first-order chi connectivity index (χ1) is 7.20. The fraction of sp³-hybridized carbons (Fsp3) is 0. The third-order valence-electron chi connectivity index (χ3n) is 1.89. The summed E-state index contributed by atoms with van der Waals surface area (Å²) < 4.78 is 1.80. The van der Waals surface area contributed by atoms with E-state index in [1.165, 1.54) is 4.59 Å². The molecule has 2 aromatic heterocycles. The summed E-state index contributed by atoms with van der Waals surface area (Å²) in [6.45, 7) is 0. The lowest BCUT2D eigenvalue weighted by Gasteiger charge is -2.03. The highest BCUT2D eigenvalue weighted by Gasteiger charge is 2.06. The highest BCUT2D eigenvalue weighted by atomic mass is 79.9. The van der Waals surface area contributed by atoms with E-state index in [1.54, 1.807) is 24.4 Å². The molecule has 0 fully saturated rings. The van der Waals surface area contributed by atoms with E-state index in [0.29, 0.717) is 21.6 Å². The topological polar surface area (TPSA) is 47.8 Å². The summed E-state index contributed by atoms with van der Waals surface area (Å²) in [4.78, 5) is 14.9. The van der Waals surface area contributed by atoms with Crippen molar-refractivity contribution in [1.82, 2.24) is 14.7 Å². The van der Waals surface area contributed by atoms with Crippen LogP contribution in [-0.2, 0) is 0 Å². The molecule has 0 atom stereocenters. The molecular weight excluding hydrogens is 257 g/mol. The van der Waals surface area contributed by atoms with Gasteiger partial charge in [0, 0.05) is 11.8 Å². The quantitative estimate of drug-likeness (QED) is 0.467.